The van der Waals surface area contributed by atoms with Crippen LogP contribution in [0, 0.1) is 5.92 Å². The highest BCUT2D eigenvalue weighted by molar-refractivity contribution is 7.88. The van der Waals surface area contributed by atoms with Crippen LogP contribution in [0.2, 0.25) is 10.0 Å². The molecule has 0 unspecified atom stereocenters. The lowest BCUT2D eigenvalue weighted by atomic mass is 9.97. The summed E-state index contributed by atoms with van der Waals surface area (Å²) in [5.74, 6) is -0.360. The van der Waals surface area contributed by atoms with Crippen molar-refractivity contribution in [3.63, 3.8) is 0 Å². The van der Waals surface area contributed by atoms with E-state index in [4.69, 9.17) is 23.2 Å². The number of nitrogens with zero attached hydrogens (tertiary/aromatic N) is 2. The van der Waals surface area contributed by atoms with E-state index < -0.39 is 10.0 Å². The van der Waals surface area contributed by atoms with Crippen LogP contribution in [-0.4, -0.2) is 43.0 Å². The third kappa shape index (κ3) is 4.55. The zero-order chi connectivity index (χ0) is 18.9. The van der Waals surface area contributed by atoms with Crippen molar-refractivity contribution in [1.82, 2.24) is 9.29 Å². The molecule has 2 heterocycles. The highest BCUT2D eigenvalue weighted by Gasteiger charge is 2.29. The maximum absolute atomic E-state index is 12.4. The van der Waals surface area contributed by atoms with E-state index in [0.717, 1.165) is 5.56 Å². The van der Waals surface area contributed by atoms with Crippen molar-refractivity contribution >= 4 is 55.6 Å². The van der Waals surface area contributed by atoms with Gasteiger partial charge in [-0.2, -0.15) is 0 Å². The molecule has 2 aromatic rings. The molecule has 0 atom stereocenters. The van der Waals surface area contributed by atoms with E-state index in [1.165, 1.54) is 21.9 Å². The molecule has 0 radical (unpaired) electrons. The van der Waals surface area contributed by atoms with Crippen molar-refractivity contribution in [2.24, 2.45) is 5.92 Å². The number of hydrogen-bond donors (Lipinski definition) is 1. The van der Waals surface area contributed by atoms with Gasteiger partial charge in [0, 0.05) is 35.0 Å². The van der Waals surface area contributed by atoms with E-state index in [9.17, 15) is 13.2 Å². The number of anilines is 1. The van der Waals surface area contributed by atoms with Crippen LogP contribution >= 0.6 is 34.5 Å². The van der Waals surface area contributed by atoms with E-state index in [-0.39, 0.29) is 11.8 Å². The molecule has 140 valence electrons. The molecule has 1 aliphatic heterocycles. The Morgan fingerprint density at radius 3 is 2.62 bits per heavy atom. The number of piperidine rings is 1. The number of halogens is 2. The average molecular weight is 434 g/mol. The highest BCUT2D eigenvalue weighted by Crippen LogP contribution is 2.32. The molecule has 0 aliphatic carbocycles. The maximum Gasteiger partial charge on any atom is 0.229 e. The van der Waals surface area contributed by atoms with Crippen LogP contribution in [0.15, 0.2) is 23.6 Å². The second-order valence-electron chi connectivity index (χ2n) is 6.09. The Hall–Kier alpha value is -1.19. The minimum absolute atomic E-state index is 0.138. The molecule has 10 heteroatoms. The van der Waals surface area contributed by atoms with Crippen molar-refractivity contribution in [3.8, 4) is 11.3 Å². The molecular weight excluding hydrogens is 417 g/mol. The van der Waals surface area contributed by atoms with Crippen molar-refractivity contribution in [3.05, 3.63) is 33.6 Å². The molecular formula is C16H17Cl2N3O3S2. The van der Waals surface area contributed by atoms with Crippen LogP contribution in [0.25, 0.3) is 11.3 Å². The van der Waals surface area contributed by atoms with E-state index in [2.05, 4.69) is 10.3 Å². The number of rotatable bonds is 4. The summed E-state index contributed by atoms with van der Waals surface area (Å²) in [7, 11) is -3.20. The number of benzene rings is 1. The molecule has 0 saturated carbocycles. The molecule has 0 spiro atoms. The summed E-state index contributed by atoms with van der Waals surface area (Å²) in [6.45, 7) is 0.723. The quantitative estimate of drug-likeness (QED) is 0.796. The summed E-state index contributed by atoms with van der Waals surface area (Å²) in [5.41, 5.74) is 1.41. The highest BCUT2D eigenvalue weighted by atomic mass is 35.5. The van der Waals surface area contributed by atoms with Gasteiger partial charge in [-0.1, -0.05) is 23.2 Å². The lowest BCUT2D eigenvalue weighted by Gasteiger charge is -2.29. The van der Waals surface area contributed by atoms with Crippen LogP contribution in [0.5, 0.6) is 0 Å². The Kier molecular flexibility index (Phi) is 5.88. The van der Waals surface area contributed by atoms with Crippen molar-refractivity contribution in [2.75, 3.05) is 24.7 Å². The van der Waals surface area contributed by atoms with Crippen LogP contribution in [0.4, 0.5) is 5.13 Å². The van der Waals surface area contributed by atoms with Gasteiger partial charge in [0.15, 0.2) is 5.13 Å². The summed E-state index contributed by atoms with van der Waals surface area (Å²) in [6.07, 6.45) is 2.19. The average Bonchev–Trinajstić information content (AvgIpc) is 3.02. The molecule has 1 aromatic carbocycles. The summed E-state index contributed by atoms with van der Waals surface area (Å²) in [4.78, 5) is 16.8. The van der Waals surface area contributed by atoms with Gasteiger partial charge >= 0.3 is 0 Å². The fourth-order valence-electron chi connectivity index (χ4n) is 2.81. The SMILES string of the molecule is CS(=O)(=O)N1CCC(C(=O)Nc2nc(-c3ccc(Cl)cc3Cl)cs2)CC1. The number of nitrogens with one attached hydrogen (secondary N) is 1. The second-order valence-corrected chi connectivity index (χ2v) is 9.77. The standard InChI is InChI=1S/C16H17Cl2N3O3S2/c1-26(23,24)21-6-4-10(5-7-21)15(22)20-16-19-14(9-25-16)12-3-2-11(17)8-13(12)18/h2-3,8-10H,4-7H2,1H3,(H,19,20,22). The predicted octanol–water partition coefficient (Wildman–Crippen LogP) is 3.73. The van der Waals surface area contributed by atoms with Crippen LogP contribution in [-0.2, 0) is 14.8 Å². The first kappa shape index (κ1) is 19.6. The first-order valence-corrected chi connectivity index (χ1v) is 11.4. The Balaban J connectivity index is 1.63. The second kappa shape index (κ2) is 7.82. The van der Waals surface area contributed by atoms with Crippen molar-refractivity contribution in [1.29, 1.82) is 0 Å². The Labute approximate surface area is 166 Å². The number of aromatic nitrogens is 1. The summed E-state index contributed by atoms with van der Waals surface area (Å²) >= 11 is 13.4. The predicted molar refractivity (Wildman–Crippen MR) is 105 cm³/mol. The molecule has 1 saturated heterocycles. The van der Waals surface area contributed by atoms with Crippen LogP contribution in [0.3, 0.4) is 0 Å². The van der Waals surface area contributed by atoms with Gasteiger partial charge in [-0.3, -0.25) is 4.79 Å². The van der Waals surface area contributed by atoms with Gasteiger partial charge < -0.3 is 5.32 Å². The number of hydrogen-bond acceptors (Lipinski definition) is 5. The Morgan fingerprint density at radius 1 is 1.31 bits per heavy atom. The number of amides is 1. The third-order valence-corrected chi connectivity index (χ3v) is 6.84. The molecule has 6 nitrogen and oxygen atoms in total. The fourth-order valence-corrected chi connectivity index (χ4v) is 4.90. The lowest BCUT2D eigenvalue weighted by molar-refractivity contribution is -0.120. The van der Waals surface area contributed by atoms with Gasteiger partial charge in [0.1, 0.15) is 0 Å². The van der Waals surface area contributed by atoms with Gasteiger partial charge in [0.2, 0.25) is 15.9 Å². The third-order valence-electron chi connectivity index (χ3n) is 4.24. The monoisotopic (exact) mass is 433 g/mol. The molecule has 1 aliphatic rings. The molecule has 1 N–H and O–H groups in total. The van der Waals surface area contributed by atoms with Gasteiger partial charge in [0.25, 0.3) is 0 Å². The number of carbonyl (C=O) groups excluding carboxylic acids is 1. The van der Waals surface area contributed by atoms with Crippen molar-refractivity contribution in [2.45, 2.75) is 12.8 Å². The van der Waals surface area contributed by atoms with E-state index in [1.54, 1.807) is 18.2 Å². The largest absolute Gasteiger partial charge is 0.302 e. The molecule has 3 rings (SSSR count). The zero-order valence-corrected chi connectivity index (χ0v) is 17.1. The molecule has 26 heavy (non-hydrogen) atoms. The van der Waals surface area contributed by atoms with E-state index in [1.807, 2.05) is 5.38 Å². The van der Waals surface area contributed by atoms with Crippen LogP contribution < -0.4 is 5.32 Å². The van der Waals surface area contributed by atoms with E-state index in [0.29, 0.717) is 46.8 Å². The zero-order valence-electron chi connectivity index (χ0n) is 13.9. The van der Waals surface area contributed by atoms with Gasteiger partial charge in [0.05, 0.1) is 17.0 Å². The number of carbonyl (C=O) groups is 1. The summed E-state index contributed by atoms with van der Waals surface area (Å²) in [5, 5.41) is 6.16. The minimum Gasteiger partial charge on any atom is -0.302 e. The van der Waals surface area contributed by atoms with E-state index >= 15 is 0 Å². The smallest absolute Gasteiger partial charge is 0.229 e. The topological polar surface area (TPSA) is 79.4 Å². The van der Waals surface area contributed by atoms with Gasteiger partial charge in [-0.25, -0.2) is 17.7 Å². The van der Waals surface area contributed by atoms with Crippen LogP contribution in [0.1, 0.15) is 12.8 Å². The van der Waals surface area contributed by atoms with Crippen molar-refractivity contribution < 1.29 is 13.2 Å². The maximum atomic E-state index is 12.4. The molecule has 0 bridgehead atoms. The molecule has 1 aromatic heterocycles. The van der Waals surface area contributed by atoms with Gasteiger partial charge in [-0.15, -0.1) is 11.3 Å². The Morgan fingerprint density at radius 2 is 2.00 bits per heavy atom. The first-order valence-electron chi connectivity index (χ1n) is 7.91. The lowest BCUT2D eigenvalue weighted by Crippen LogP contribution is -2.40. The first-order chi connectivity index (χ1) is 12.2. The molecule has 1 amide bonds. The summed E-state index contributed by atoms with van der Waals surface area (Å²) in [6, 6.07) is 5.16. The minimum atomic E-state index is -3.20. The summed E-state index contributed by atoms with van der Waals surface area (Å²) < 4.78 is 24.5. The van der Waals surface area contributed by atoms with Gasteiger partial charge in [-0.05, 0) is 31.0 Å². The number of thiazole rings is 1. The fraction of sp³-hybridized carbons (Fsp3) is 0.375. The normalized spacial score (nSPS) is 16.6. The number of sulfonamides is 1. The molecule has 1 fully saturated rings. The Bertz CT molecular complexity index is 923.